The molecule has 3 heteroatoms. The number of imidazole rings is 1. The van der Waals surface area contributed by atoms with Crippen LogP contribution in [0.2, 0.25) is 0 Å². The summed E-state index contributed by atoms with van der Waals surface area (Å²) < 4.78 is 1.98. The fraction of sp³-hybridized carbons (Fsp3) is 0.231. The molecule has 0 saturated heterocycles. The molecule has 0 bridgehead atoms. The molecule has 2 rings (SSSR count). The molecule has 1 aromatic carbocycles. The summed E-state index contributed by atoms with van der Waals surface area (Å²) in [5.41, 5.74) is 0.799. The molecule has 0 saturated carbocycles. The van der Waals surface area contributed by atoms with Crippen LogP contribution in [0.3, 0.4) is 0 Å². The van der Waals surface area contributed by atoms with Crippen LogP contribution in [0.25, 0.3) is 0 Å². The van der Waals surface area contributed by atoms with E-state index in [0.717, 1.165) is 18.5 Å². The van der Waals surface area contributed by atoms with E-state index >= 15 is 0 Å². The Morgan fingerprint density at radius 3 is 2.75 bits per heavy atom. The predicted molar refractivity (Wildman–Crippen MR) is 62.2 cm³/mol. The first-order valence-corrected chi connectivity index (χ1v) is 5.40. The molecule has 0 radical (unpaired) electrons. The van der Waals surface area contributed by atoms with Crippen molar-refractivity contribution < 1.29 is 4.79 Å². The number of carbonyl (C=O) groups excluding carboxylic acids is 1. The highest BCUT2D eigenvalue weighted by molar-refractivity contribution is 5.95. The molecule has 0 atom stereocenters. The molecule has 0 unspecified atom stereocenters. The highest BCUT2D eigenvalue weighted by Crippen LogP contribution is 2.05. The van der Waals surface area contributed by atoms with Crippen molar-refractivity contribution in [2.24, 2.45) is 0 Å². The molecule has 82 valence electrons. The fourth-order valence-electron chi connectivity index (χ4n) is 1.61. The highest BCUT2D eigenvalue weighted by atomic mass is 16.1. The first-order valence-electron chi connectivity index (χ1n) is 5.40. The topological polar surface area (TPSA) is 34.9 Å². The molecular weight excluding hydrogens is 200 g/mol. The van der Waals surface area contributed by atoms with Gasteiger partial charge in [0.05, 0.1) is 6.33 Å². The van der Waals surface area contributed by atoms with Crippen LogP contribution in [-0.4, -0.2) is 15.3 Å². The van der Waals surface area contributed by atoms with Crippen LogP contribution in [0.1, 0.15) is 23.2 Å². The lowest BCUT2D eigenvalue weighted by atomic mass is 10.1. The van der Waals surface area contributed by atoms with Crippen LogP contribution in [0.15, 0.2) is 49.1 Å². The number of hydrogen-bond donors (Lipinski definition) is 0. The Bertz CT molecular complexity index is 434. The standard InChI is InChI=1S/C13H14N2O/c16-13(12-5-2-1-3-6-12)7-4-9-15-10-8-14-11-15/h1-3,5-6,8,10-11H,4,7,9H2. The summed E-state index contributed by atoms with van der Waals surface area (Å²) in [5.74, 6) is 0.209. The maximum Gasteiger partial charge on any atom is 0.162 e. The lowest BCUT2D eigenvalue weighted by Crippen LogP contribution is -2.02. The number of Topliss-reactive ketones (excluding diaryl/α,β-unsaturated/α-hetero) is 1. The minimum Gasteiger partial charge on any atom is -0.337 e. The Morgan fingerprint density at radius 1 is 1.25 bits per heavy atom. The number of rotatable bonds is 5. The van der Waals surface area contributed by atoms with E-state index in [1.807, 2.05) is 41.1 Å². The number of carbonyl (C=O) groups is 1. The van der Waals surface area contributed by atoms with Crippen molar-refractivity contribution in [1.82, 2.24) is 9.55 Å². The first kappa shape index (κ1) is 10.6. The normalized spacial score (nSPS) is 10.2. The van der Waals surface area contributed by atoms with E-state index in [-0.39, 0.29) is 5.78 Å². The van der Waals surface area contributed by atoms with Crippen molar-refractivity contribution >= 4 is 5.78 Å². The van der Waals surface area contributed by atoms with E-state index in [4.69, 9.17) is 0 Å². The van der Waals surface area contributed by atoms with Crippen molar-refractivity contribution in [3.63, 3.8) is 0 Å². The Labute approximate surface area is 94.7 Å². The Morgan fingerprint density at radius 2 is 2.06 bits per heavy atom. The first-order chi connectivity index (χ1) is 7.86. The van der Waals surface area contributed by atoms with E-state index < -0.39 is 0 Å². The lowest BCUT2D eigenvalue weighted by molar-refractivity contribution is 0.0978. The molecule has 1 aromatic heterocycles. The molecule has 0 aliphatic rings. The molecule has 1 heterocycles. The van der Waals surface area contributed by atoms with Gasteiger partial charge in [0, 0.05) is 30.9 Å². The summed E-state index contributed by atoms with van der Waals surface area (Å²) in [6.45, 7) is 0.846. The molecule has 0 spiro atoms. The average Bonchev–Trinajstić information content (AvgIpc) is 2.83. The second-order valence-electron chi connectivity index (χ2n) is 3.69. The van der Waals surface area contributed by atoms with Gasteiger partial charge in [-0.05, 0) is 6.42 Å². The average molecular weight is 214 g/mol. The highest BCUT2D eigenvalue weighted by Gasteiger charge is 2.04. The van der Waals surface area contributed by atoms with Gasteiger partial charge in [0.25, 0.3) is 0 Å². The lowest BCUT2D eigenvalue weighted by Gasteiger charge is -2.02. The largest absolute Gasteiger partial charge is 0.337 e. The Balaban J connectivity index is 1.81. The van der Waals surface area contributed by atoms with Crippen molar-refractivity contribution in [3.05, 3.63) is 54.6 Å². The van der Waals surface area contributed by atoms with Crippen molar-refractivity contribution in [2.45, 2.75) is 19.4 Å². The van der Waals surface area contributed by atoms with Gasteiger partial charge >= 0.3 is 0 Å². The number of nitrogens with zero attached hydrogens (tertiary/aromatic N) is 2. The second kappa shape index (κ2) is 5.26. The van der Waals surface area contributed by atoms with E-state index in [2.05, 4.69) is 4.98 Å². The van der Waals surface area contributed by atoms with Gasteiger partial charge in [0.2, 0.25) is 0 Å². The Kier molecular flexibility index (Phi) is 3.49. The van der Waals surface area contributed by atoms with Crippen LogP contribution < -0.4 is 0 Å². The summed E-state index contributed by atoms with van der Waals surface area (Å²) in [7, 11) is 0. The number of aryl methyl sites for hydroxylation is 1. The van der Waals surface area contributed by atoms with Gasteiger partial charge in [-0.15, -0.1) is 0 Å². The van der Waals surface area contributed by atoms with E-state index in [0.29, 0.717) is 6.42 Å². The Hall–Kier alpha value is -1.90. The zero-order valence-corrected chi connectivity index (χ0v) is 9.04. The number of hydrogen-bond acceptors (Lipinski definition) is 2. The minimum absolute atomic E-state index is 0.209. The van der Waals surface area contributed by atoms with Gasteiger partial charge in [0.15, 0.2) is 5.78 Å². The summed E-state index contributed by atoms with van der Waals surface area (Å²) in [6, 6.07) is 9.42. The van der Waals surface area contributed by atoms with E-state index in [1.54, 1.807) is 12.5 Å². The molecule has 0 aliphatic carbocycles. The molecule has 16 heavy (non-hydrogen) atoms. The van der Waals surface area contributed by atoms with Crippen LogP contribution in [-0.2, 0) is 6.54 Å². The fourth-order valence-corrected chi connectivity index (χ4v) is 1.61. The molecule has 0 amide bonds. The molecular formula is C13H14N2O. The predicted octanol–water partition coefficient (Wildman–Crippen LogP) is 2.55. The van der Waals surface area contributed by atoms with Crippen molar-refractivity contribution in [1.29, 1.82) is 0 Å². The van der Waals surface area contributed by atoms with Crippen molar-refractivity contribution in [3.8, 4) is 0 Å². The quantitative estimate of drug-likeness (QED) is 0.717. The molecule has 0 aliphatic heterocycles. The maximum atomic E-state index is 11.7. The van der Waals surface area contributed by atoms with Gasteiger partial charge in [-0.1, -0.05) is 30.3 Å². The number of benzene rings is 1. The summed E-state index contributed by atoms with van der Waals surface area (Å²) in [4.78, 5) is 15.7. The zero-order valence-electron chi connectivity index (χ0n) is 9.04. The molecule has 0 fully saturated rings. The number of ketones is 1. The van der Waals surface area contributed by atoms with Crippen LogP contribution >= 0.6 is 0 Å². The molecule has 3 nitrogen and oxygen atoms in total. The third-order valence-corrected chi connectivity index (χ3v) is 2.48. The van der Waals surface area contributed by atoms with Gasteiger partial charge in [-0.2, -0.15) is 0 Å². The minimum atomic E-state index is 0.209. The van der Waals surface area contributed by atoms with Gasteiger partial charge in [0.1, 0.15) is 0 Å². The third-order valence-electron chi connectivity index (χ3n) is 2.48. The summed E-state index contributed by atoms with van der Waals surface area (Å²) >= 11 is 0. The molecule has 2 aromatic rings. The summed E-state index contributed by atoms with van der Waals surface area (Å²) in [6.07, 6.45) is 6.87. The molecule has 0 N–H and O–H groups in total. The van der Waals surface area contributed by atoms with E-state index in [1.165, 1.54) is 0 Å². The third kappa shape index (κ3) is 2.79. The van der Waals surface area contributed by atoms with Crippen LogP contribution in [0, 0.1) is 0 Å². The summed E-state index contributed by atoms with van der Waals surface area (Å²) in [5, 5.41) is 0. The van der Waals surface area contributed by atoms with Crippen LogP contribution in [0.5, 0.6) is 0 Å². The number of aromatic nitrogens is 2. The van der Waals surface area contributed by atoms with Crippen molar-refractivity contribution in [2.75, 3.05) is 0 Å². The van der Waals surface area contributed by atoms with Gasteiger partial charge in [-0.3, -0.25) is 4.79 Å². The monoisotopic (exact) mass is 214 g/mol. The maximum absolute atomic E-state index is 11.7. The zero-order chi connectivity index (χ0) is 11.2. The smallest absolute Gasteiger partial charge is 0.162 e. The van der Waals surface area contributed by atoms with Crippen LogP contribution in [0.4, 0.5) is 0 Å². The SMILES string of the molecule is O=C(CCCn1ccnc1)c1ccccc1. The second-order valence-corrected chi connectivity index (χ2v) is 3.69. The van der Waals surface area contributed by atoms with Gasteiger partial charge in [-0.25, -0.2) is 4.98 Å². The van der Waals surface area contributed by atoms with Gasteiger partial charge < -0.3 is 4.57 Å². The van der Waals surface area contributed by atoms with E-state index in [9.17, 15) is 4.79 Å².